The van der Waals surface area contributed by atoms with Crippen molar-refractivity contribution in [3.63, 3.8) is 0 Å². The molecule has 4 nitrogen and oxygen atoms in total. The average molecular weight is 201 g/mol. The molecule has 0 atom stereocenters. The Kier molecular flexibility index (Phi) is 4.73. The summed E-state index contributed by atoms with van der Waals surface area (Å²) in [4.78, 5) is 13.1. The Labute approximate surface area is 85.2 Å². The zero-order chi connectivity index (χ0) is 10.4. The van der Waals surface area contributed by atoms with Crippen LogP contribution in [0, 0.1) is 5.92 Å². The predicted molar refractivity (Wildman–Crippen MR) is 52.9 cm³/mol. The summed E-state index contributed by atoms with van der Waals surface area (Å²) in [5.41, 5.74) is 0. The average Bonchev–Trinajstić information content (AvgIpc) is 2.26. The van der Waals surface area contributed by atoms with E-state index in [0.717, 1.165) is 31.8 Å². The van der Waals surface area contributed by atoms with Crippen LogP contribution in [0.15, 0.2) is 0 Å². The molecule has 0 radical (unpaired) electrons. The molecular weight excluding hydrogens is 182 g/mol. The lowest BCUT2D eigenvalue weighted by Gasteiger charge is -2.30. The molecule has 4 heteroatoms. The van der Waals surface area contributed by atoms with Gasteiger partial charge >= 0.3 is 6.09 Å². The molecule has 1 aliphatic rings. The fraction of sp³-hybridized carbons (Fsp3) is 0.900. The Bertz CT molecular complexity index is 176. The summed E-state index contributed by atoms with van der Waals surface area (Å²) in [6, 6.07) is 0. The molecule has 1 fully saturated rings. The van der Waals surface area contributed by atoms with Crippen LogP contribution in [0.5, 0.6) is 0 Å². The van der Waals surface area contributed by atoms with Crippen molar-refractivity contribution in [2.75, 3.05) is 27.0 Å². The van der Waals surface area contributed by atoms with Gasteiger partial charge < -0.3 is 14.4 Å². The summed E-state index contributed by atoms with van der Waals surface area (Å²) >= 11 is 0. The van der Waals surface area contributed by atoms with E-state index in [1.54, 1.807) is 4.90 Å². The van der Waals surface area contributed by atoms with E-state index in [4.69, 9.17) is 4.74 Å². The molecule has 0 aromatic rings. The summed E-state index contributed by atoms with van der Waals surface area (Å²) < 4.78 is 9.54. The van der Waals surface area contributed by atoms with E-state index < -0.39 is 0 Å². The topological polar surface area (TPSA) is 38.8 Å². The predicted octanol–water partition coefficient (Wildman–Crippen LogP) is 1.85. The molecule has 1 saturated heterocycles. The van der Waals surface area contributed by atoms with Gasteiger partial charge in [0.25, 0.3) is 0 Å². The molecule has 0 bridgehead atoms. The smallest absolute Gasteiger partial charge is 0.411 e. The molecular formula is C10H19NO3. The highest BCUT2D eigenvalue weighted by atomic mass is 16.7. The molecule has 1 heterocycles. The number of methoxy groups -OCH3 is 1. The van der Waals surface area contributed by atoms with Gasteiger partial charge in [-0.15, -0.1) is 0 Å². The number of piperidine rings is 1. The molecule has 0 saturated carbocycles. The number of amides is 1. The van der Waals surface area contributed by atoms with Crippen LogP contribution in [0.3, 0.4) is 0 Å². The van der Waals surface area contributed by atoms with Crippen LogP contribution >= 0.6 is 0 Å². The van der Waals surface area contributed by atoms with Gasteiger partial charge in [0.15, 0.2) is 6.79 Å². The summed E-state index contributed by atoms with van der Waals surface area (Å²) in [6.45, 7) is 3.89. The van der Waals surface area contributed by atoms with Gasteiger partial charge in [-0.2, -0.15) is 0 Å². The van der Waals surface area contributed by atoms with Gasteiger partial charge in [0.1, 0.15) is 0 Å². The van der Waals surface area contributed by atoms with Crippen molar-refractivity contribution in [3.8, 4) is 0 Å². The minimum Gasteiger partial charge on any atom is -0.422 e. The first kappa shape index (κ1) is 11.3. The third-order valence-electron chi connectivity index (χ3n) is 2.75. The number of likely N-dealkylation sites (tertiary alicyclic amines) is 1. The number of hydrogen-bond acceptors (Lipinski definition) is 3. The van der Waals surface area contributed by atoms with E-state index in [0.29, 0.717) is 0 Å². The fourth-order valence-corrected chi connectivity index (χ4v) is 1.72. The Morgan fingerprint density at radius 2 is 2.07 bits per heavy atom. The van der Waals surface area contributed by atoms with Gasteiger partial charge in [0.05, 0.1) is 0 Å². The second-order valence-corrected chi connectivity index (χ2v) is 3.66. The molecule has 0 unspecified atom stereocenters. The van der Waals surface area contributed by atoms with E-state index in [2.05, 4.69) is 11.7 Å². The highest BCUT2D eigenvalue weighted by Gasteiger charge is 2.22. The molecule has 14 heavy (non-hydrogen) atoms. The Morgan fingerprint density at radius 3 is 2.57 bits per heavy atom. The maximum absolute atomic E-state index is 11.4. The molecule has 1 aliphatic heterocycles. The number of ether oxygens (including phenoxy) is 2. The quantitative estimate of drug-likeness (QED) is 0.654. The van der Waals surface area contributed by atoms with Crippen LogP contribution in [0.1, 0.15) is 26.2 Å². The largest absolute Gasteiger partial charge is 0.422 e. The summed E-state index contributed by atoms with van der Waals surface area (Å²) in [6.07, 6.45) is 3.15. The SMILES string of the molecule is CCC1CCN(C(=O)OCOC)CC1. The number of hydrogen-bond donors (Lipinski definition) is 0. The third-order valence-corrected chi connectivity index (χ3v) is 2.75. The van der Waals surface area contributed by atoms with Gasteiger partial charge in [0.2, 0.25) is 0 Å². The van der Waals surface area contributed by atoms with Gasteiger partial charge in [-0.1, -0.05) is 13.3 Å². The number of nitrogens with zero attached hydrogens (tertiary/aromatic N) is 1. The zero-order valence-electron chi connectivity index (χ0n) is 8.99. The number of rotatable bonds is 3. The third kappa shape index (κ3) is 3.18. The van der Waals surface area contributed by atoms with E-state index in [-0.39, 0.29) is 12.9 Å². The van der Waals surface area contributed by atoms with Crippen molar-refractivity contribution in [2.24, 2.45) is 5.92 Å². The van der Waals surface area contributed by atoms with E-state index >= 15 is 0 Å². The van der Waals surface area contributed by atoms with Crippen molar-refractivity contribution in [2.45, 2.75) is 26.2 Å². The van der Waals surface area contributed by atoms with Crippen molar-refractivity contribution < 1.29 is 14.3 Å². The van der Waals surface area contributed by atoms with Crippen LogP contribution in [0.4, 0.5) is 4.79 Å². The van der Waals surface area contributed by atoms with E-state index in [1.807, 2.05) is 0 Å². The molecule has 0 N–H and O–H groups in total. The number of carbonyl (C=O) groups is 1. The highest BCUT2D eigenvalue weighted by Crippen LogP contribution is 2.20. The van der Waals surface area contributed by atoms with Crippen molar-refractivity contribution in [1.29, 1.82) is 0 Å². The molecule has 0 aromatic heterocycles. The van der Waals surface area contributed by atoms with Crippen LogP contribution in [-0.4, -0.2) is 38.0 Å². The van der Waals surface area contributed by atoms with Gasteiger partial charge in [-0.25, -0.2) is 4.79 Å². The first-order chi connectivity index (χ1) is 6.77. The fourth-order valence-electron chi connectivity index (χ4n) is 1.72. The molecule has 1 amide bonds. The van der Waals surface area contributed by atoms with Gasteiger partial charge in [-0.3, -0.25) is 0 Å². The Hall–Kier alpha value is -0.770. The Balaban J connectivity index is 2.23. The van der Waals surface area contributed by atoms with Crippen molar-refractivity contribution in [3.05, 3.63) is 0 Å². The lowest BCUT2D eigenvalue weighted by Crippen LogP contribution is -2.38. The molecule has 82 valence electrons. The Morgan fingerprint density at radius 1 is 1.43 bits per heavy atom. The van der Waals surface area contributed by atoms with E-state index in [9.17, 15) is 4.79 Å². The lowest BCUT2D eigenvalue weighted by atomic mass is 9.95. The standard InChI is InChI=1S/C10H19NO3/c1-3-9-4-6-11(7-5-9)10(12)14-8-13-2/h9H,3-8H2,1-2H3. The highest BCUT2D eigenvalue weighted by molar-refractivity contribution is 5.67. The molecule has 1 rings (SSSR count). The van der Waals surface area contributed by atoms with Gasteiger partial charge in [-0.05, 0) is 18.8 Å². The maximum Gasteiger partial charge on any atom is 0.411 e. The lowest BCUT2D eigenvalue weighted by molar-refractivity contribution is -0.00821. The number of carbonyl (C=O) groups excluding carboxylic acids is 1. The molecule has 0 aliphatic carbocycles. The molecule has 0 spiro atoms. The second-order valence-electron chi connectivity index (χ2n) is 3.66. The molecule has 0 aromatic carbocycles. The van der Waals surface area contributed by atoms with Crippen molar-refractivity contribution in [1.82, 2.24) is 4.90 Å². The summed E-state index contributed by atoms with van der Waals surface area (Å²) in [7, 11) is 1.51. The first-order valence-corrected chi connectivity index (χ1v) is 5.18. The van der Waals surface area contributed by atoms with Crippen molar-refractivity contribution >= 4 is 6.09 Å². The monoisotopic (exact) mass is 201 g/mol. The van der Waals surface area contributed by atoms with Crippen LogP contribution in [0.2, 0.25) is 0 Å². The van der Waals surface area contributed by atoms with Crippen LogP contribution in [0.25, 0.3) is 0 Å². The van der Waals surface area contributed by atoms with Crippen LogP contribution in [-0.2, 0) is 9.47 Å². The van der Waals surface area contributed by atoms with Crippen LogP contribution < -0.4 is 0 Å². The zero-order valence-corrected chi connectivity index (χ0v) is 8.99. The first-order valence-electron chi connectivity index (χ1n) is 5.18. The maximum atomic E-state index is 11.4. The summed E-state index contributed by atoms with van der Waals surface area (Å²) in [5, 5.41) is 0. The minimum atomic E-state index is -0.249. The van der Waals surface area contributed by atoms with E-state index in [1.165, 1.54) is 13.5 Å². The normalized spacial score (nSPS) is 18.3. The summed E-state index contributed by atoms with van der Waals surface area (Å²) in [5.74, 6) is 0.779. The minimum absolute atomic E-state index is 0.0482. The second kappa shape index (κ2) is 5.86. The van der Waals surface area contributed by atoms with Gasteiger partial charge in [0, 0.05) is 20.2 Å².